The van der Waals surface area contributed by atoms with Gasteiger partial charge in [-0.3, -0.25) is 9.59 Å². The molecular weight excluding hydrogens is 474 g/mol. The number of nitrogens with two attached hydrogens (primary N) is 1. The number of esters is 1. The van der Waals surface area contributed by atoms with Crippen LogP contribution in [-0.2, 0) is 11.2 Å². The Balaban J connectivity index is 1.64. The molecule has 1 aliphatic carbocycles. The third-order valence-electron chi connectivity index (χ3n) is 7.06. The van der Waals surface area contributed by atoms with Gasteiger partial charge in [-0.15, -0.1) is 0 Å². The minimum absolute atomic E-state index is 0.0215. The number of nitrogens with one attached hydrogen (secondary N) is 1. The molecular formula is C28H39N3O4S. The first kappa shape index (κ1) is 28.1. The molecule has 1 aromatic heterocycles. The van der Waals surface area contributed by atoms with Gasteiger partial charge >= 0.3 is 5.97 Å². The number of nitrogens with zero attached hydrogens (tertiary/aromatic N) is 1. The maximum Gasteiger partial charge on any atom is 0.328 e. The van der Waals surface area contributed by atoms with Gasteiger partial charge < -0.3 is 15.5 Å². The molecule has 0 saturated heterocycles. The Kier molecular flexibility index (Phi) is 10.3. The van der Waals surface area contributed by atoms with Crippen molar-refractivity contribution in [2.75, 3.05) is 5.75 Å². The number of ether oxygens (including phenoxy) is 1. The molecule has 1 saturated carbocycles. The average molecular weight is 514 g/mol. The molecule has 7 nitrogen and oxygen atoms in total. The van der Waals surface area contributed by atoms with E-state index in [1.807, 2.05) is 27.7 Å². The average Bonchev–Trinajstić information content (AvgIpc) is 2.86. The van der Waals surface area contributed by atoms with Gasteiger partial charge in [-0.1, -0.05) is 78.0 Å². The van der Waals surface area contributed by atoms with Gasteiger partial charge in [-0.25, -0.2) is 9.78 Å². The van der Waals surface area contributed by atoms with Crippen LogP contribution < -0.4 is 16.0 Å². The van der Waals surface area contributed by atoms with Gasteiger partial charge in [0.1, 0.15) is 11.8 Å². The Bertz CT molecular complexity index is 1090. The molecule has 1 aromatic carbocycles. The van der Waals surface area contributed by atoms with E-state index >= 15 is 0 Å². The molecule has 196 valence electrons. The van der Waals surface area contributed by atoms with Crippen LogP contribution >= 0.6 is 11.8 Å². The standard InChI is InChI=1S/C28H39N3O4S/c1-5-18(4)25(29)27(34)35-21-13-11-20(12-14-21)23(32)16-36-28-30-22(15-19-9-7-6-8-10-19)24(17(2)3)26(33)31-28/h11-14,17-19,25H,5-10,15-16,29H2,1-4H3,(H,30,31,33)/t18-,25-/m1/s1. The number of carbonyl (C=O) groups excluding carboxylic acids is 2. The van der Waals surface area contributed by atoms with Gasteiger partial charge in [0, 0.05) is 11.1 Å². The number of aromatic amines is 1. The summed E-state index contributed by atoms with van der Waals surface area (Å²) in [7, 11) is 0. The van der Waals surface area contributed by atoms with E-state index in [9.17, 15) is 14.4 Å². The summed E-state index contributed by atoms with van der Waals surface area (Å²) < 4.78 is 5.35. The van der Waals surface area contributed by atoms with Crippen LogP contribution in [0.25, 0.3) is 0 Å². The number of benzene rings is 1. The van der Waals surface area contributed by atoms with Crippen LogP contribution in [0.2, 0.25) is 0 Å². The zero-order valence-corrected chi connectivity index (χ0v) is 22.7. The normalized spacial score (nSPS) is 16.1. The lowest BCUT2D eigenvalue weighted by atomic mass is 9.84. The Morgan fingerprint density at radius 3 is 2.42 bits per heavy atom. The fourth-order valence-electron chi connectivity index (χ4n) is 4.59. The van der Waals surface area contributed by atoms with Crippen LogP contribution in [0, 0.1) is 11.8 Å². The van der Waals surface area contributed by atoms with Gasteiger partial charge in [0.05, 0.1) is 11.4 Å². The number of carbonyl (C=O) groups is 2. The number of rotatable bonds is 11. The van der Waals surface area contributed by atoms with E-state index in [1.165, 1.54) is 43.9 Å². The van der Waals surface area contributed by atoms with E-state index in [4.69, 9.17) is 15.5 Å². The Morgan fingerprint density at radius 1 is 1.14 bits per heavy atom. The second-order valence-corrected chi connectivity index (χ2v) is 11.1. The molecule has 3 N–H and O–H groups in total. The van der Waals surface area contributed by atoms with Gasteiger partial charge in [0.25, 0.3) is 5.56 Å². The van der Waals surface area contributed by atoms with Gasteiger partial charge in [-0.2, -0.15) is 0 Å². The van der Waals surface area contributed by atoms with E-state index in [1.54, 1.807) is 24.3 Å². The van der Waals surface area contributed by atoms with Gasteiger partial charge in [0.15, 0.2) is 10.9 Å². The maximum atomic E-state index is 12.8. The van der Waals surface area contributed by atoms with Crippen molar-refractivity contribution in [2.24, 2.45) is 17.6 Å². The maximum absolute atomic E-state index is 12.8. The predicted octanol–water partition coefficient (Wildman–Crippen LogP) is 5.27. The molecule has 1 fully saturated rings. The van der Waals surface area contributed by atoms with E-state index in [-0.39, 0.29) is 28.9 Å². The molecule has 1 heterocycles. The summed E-state index contributed by atoms with van der Waals surface area (Å²) in [4.78, 5) is 45.5. The first-order valence-electron chi connectivity index (χ1n) is 13.1. The summed E-state index contributed by atoms with van der Waals surface area (Å²) in [5, 5.41) is 0.480. The highest BCUT2D eigenvalue weighted by Gasteiger charge is 2.23. The number of hydrogen-bond acceptors (Lipinski definition) is 7. The molecule has 0 unspecified atom stereocenters. The molecule has 3 rings (SSSR count). The molecule has 0 aliphatic heterocycles. The van der Waals surface area contributed by atoms with E-state index in [0.717, 1.165) is 24.1 Å². The van der Waals surface area contributed by atoms with Crippen molar-refractivity contribution in [3.05, 3.63) is 51.4 Å². The largest absolute Gasteiger partial charge is 0.425 e. The predicted molar refractivity (Wildman–Crippen MR) is 144 cm³/mol. The summed E-state index contributed by atoms with van der Waals surface area (Å²) in [6.07, 6.45) is 7.73. The highest BCUT2D eigenvalue weighted by molar-refractivity contribution is 7.99. The molecule has 0 bridgehead atoms. The highest BCUT2D eigenvalue weighted by atomic mass is 32.2. The zero-order valence-electron chi connectivity index (χ0n) is 21.8. The molecule has 36 heavy (non-hydrogen) atoms. The summed E-state index contributed by atoms with van der Waals surface area (Å²) in [5.74, 6) is 0.593. The highest BCUT2D eigenvalue weighted by Crippen LogP contribution is 2.29. The van der Waals surface area contributed by atoms with E-state index < -0.39 is 12.0 Å². The lowest BCUT2D eigenvalue weighted by Crippen LogP contribution is -2.39. The third-order valence-corrected chi connectivity index (χ3v) is 7.93. The lowest BCUT2D eigenvalue weighted by Gasteiger charge is -2.22. The van der Waals surface area contributed by atoms with E-state index in [2.05, 4.69) is 4.98 Å². The molecule has 8 heteroatoms. The second kappa shape index (κ2) is 13.2. The summed E-state index contributed by atoms with van der Waals surface area (Å²) in [5.41, 5.74) is 7.95. The molecule has 0 radical (unpaired) electrons. The SMILES string of the molecule is CC[C@@H](C)[C@@H](N)C(=O)Oc1ccc(C(=O)CSc2nc(CC3CCCCC3)c(C(C)C)c(=O)[nH]2)cc1. The smallest absolute Gasteiger partial charge is 0.328 e. The van der Waals surface area contributed by atoms with Crippen molar-refractivity contribution in [1.29, 1.82) is 0 Å². The van der Waals surface area contributed by atoms with Crippen LogP contribution in [0.5, 0.6) is 5.75 Å². The van der Waals surface area contributed by atoms with Crippen LogP contribution in [0.3, 0.4) is 0 Å². The molecule has 0 amide bonds. The van der Waals surface area contributed by atoms with E-state index in [0.29, 0.717) is 22.4 Å². The number of Topliss-reactive ketones (excluding diaryl/α,β-unsaturated/α-hetero) is 1. The van der Waals surface area contributed by atoms with Crippen LogP contribution in [0.4, 0.5) is 0 Å². The fourth-order valence-corrected chi connectivity index (χ4v) is 5.36. The van der Waals surface area contributed by atoms with Gasteiger partial charge in [0.2, 0.25) is 0 Å². The third kappa shape index (κ3) is 7.53. The van der Waals surface area contributed by atoms with Crippen LogP contribution in [0.15, 0.2) is 34.2 Å². The minimum atomic E-state index is -0.688. The number of thioether (sulfide) groups is 1. The Morgan fingerprint density at radius 2 is 1.81 bits per heavy atom. The first-order valence-corrected chi connectivity index (χ1v) is 14.0. The summed E-state index contributed by atoms with van der Waals surface area (Å²) >= 11 is 1.24. The topological polar surface area (TPSA) is 115 Å². The van der Waals surface area contributed by atoms with Crippen molar-refractivity contribution in [3.8, 4) is 5.75 Å². The minimum Gasteiger partial charge on any atom is -0.425 e. The summed E-state index contributed by atoms with van der Waals surface area (Å²) in [6, 6.07) is 5.77. The quantitative estimate of drug-likeness (QED) is 0.138. The van der Waals surface area contributed by atoms with Crippen molar-refractivity contribution < 1.29 is 14.3 Å². The van der Waals surface area contributed by atoms with Crippen molar-refractivity contribution in [1.82, 2.24) is 9.97 Å². The Hall–Kier alpha value is -2.45. The summed E-state index contributed by atoms with van der Waals surface area (Å²) in [6.45, 7) is 7.92. The number of H-pyrrole nitrogens is 1. The second-order valence-electron chi connectivity index (χ2n) is 10.2. The van der Waals surface area contributed by atoms with Crippen molar-refractivity contribution in [2.45, 2.75) is 89.8 Å². The molecule has 0 spiro atoms. The zero-order chi connectivity index (χ0) is 26.2. The lowest BCUT2D eigenvalue weighted by molar-refractivity contribution is -0.137. The fraction of sp³-hybridized carbons (Fsp3) is 0.571. The van der Waals surface area contributed by atoms with Crippen molar-refractivity contribution >= 4 is 23.5 Å². The first-order chi connectivity index (χ1) is 17.2. The monoisotopic (exact) mass is 513 g/mol. The molecule has 2 atom stereocenters. The number of ketones is 1. The number of hydrogen-bond donors (Lipinski definition) is 2. The van der Waals surface area contributed by atoms with Gasteiger partial charge in [-0.05, 0) is 48.4 Å². The Labute approximate surface area is 218 Å². The van der Waals surface area contributed by atoms with Crippen molar-refractivity contribution in [3.63, 3.8) is 0 Å². The molecule has 2 aromatic rings. The number of aromatic nitrogens is 2. The molecule has 1 aliphatic rings. The van der Waals surface area contributed by atoms with Crippen LogP contribution in [0.1, 0.15) is 93.8 Å². The van der Waals surface area contributed by atoms with Crippen LogP contribution in [-0.4, -0.2) is 33.5 Å².